The summed E-state index contributed by atoms with van der Waals surface area (Å²) in [5.74, 6) is -0.255. The third kappa shape index (κ3) is 2.36. The van der Waals surface area contributed by atoms with Crippen LogP contribution in [0, 0.1) is 5.82 Å². The Bertz CT molecular complexity index is 769. The Morgan fingerprint density at radius 2 is 2.15 bits per heavy atom. The monoisotopic (exact) mass is 312 g/mol. The standard InChI is InChI=1S/C13H10ClFN2O2S/c14-11-4-3-9(8-12(11)15)10-2-1-5-17-6-7-20(18,19)16-13(10)17/h1-5,8H,6-7H2. The lowest BCUT2D eigenvalue weighted by Crippen LogP contribution is -2.37. The smallest absolute Gasteiger partial charge is 0.256 e. The molecular formula is C13H10ClFN2O2S. The van der Waals surface area contributed by atoms with Crippen LogP contribution in [0.15, 0.2) is 40.9 Å². The Kier molecular flexibility index (Phi) is 3.14. The lowest BCUT2D eigenvalue weighted by atomic mass is 10.0. The van der Waals surface area contributed by atoms with E-state index >= 15 is 0 Å². The van der Waals surface area contributed by atoms with Gasteiger partial charge in [-0.3, -0.25) is 0 Å². The van der Waals surface area contributed by atoms with E-state index in [2.05, 4.69) is 4.40 Å². The third-order valence-electron chi connectivity index (χ3n) is 3.09. The summed E-state index contributed by atoms with van der Waals surface area (Å²) in [6, 6.07) is 4.35. The van der Waals surface area contributed by atoms with Crippen LogP contribution >= 0.6 is 11.6 Å². The summed E-state index contributed by atoms with van der Waals surface area (Å²) < 4.78 is 40.6. The van der Waals surface area contributed by atoms with E-state index in [4.69, 9.17) is 11.6 Å². The predicted molar refractivity (Wildman–Crippen MR) is 76.5 cm³/mol. The Balaban J connectivity index is 2.12. The fraction of sp³-hybridized carbons (Fsp3) is 0.154. The molecule has 2 heterocycles. The van der Waals surface area contributed by atoms with E-state index in [1.807, 2.05) is 0 Å². The van der Waals surface area contributed by atoms with E-state index in [9.17, 15) is 12.8 Å². The predicted octanol–water partition coefficient (Wildman–Crippen LogP) is 2.43. The maximum Gasteiger partial charge on any atom is 0.256 e. The minimum absolute atomic E-state index is 0.0239. The molecule has 2 aliphatic heterocycles. The van der Waals surface area contributed by atoms with Gasteiger partial charge in [-0.2, -0.15) is 0 Å². The second kappa shape index (κ2) is 4.71. The molecule has 2 aliphatic rings. The summed E-state index contributed by atoms with van der Waals surface area (Å²) >= 11 is 5.66. The zero-order valence-corrected chi connectivity index (χ0v) is 11.8. The Labute approximate surface area is 120 Å². The molecule has 0 radical (unpaired) electrons. The lowest BCUT2D eigenvalue weighted by Gasteiger charge is -2.29. The molecule has 0 spiro atoms. The molecule has 0 amide bonds. The Hall–Kier alpha value is -1.66. The highest BCUT2D eigenvalue weighted by Crippen LogP contribution is 2.27. The second-order valence-corrected chi connectivity index (χ2v) is 6.61. The number of hydrogen-bond acceptors (Lipinski definition) is 3. The summed E-state index contributed by atoms with van der Waals surface area (Å²) in [4.78, 5) is 1.74. The van der Waals surface area contributed by atoms with Gasteiger partial charge in [0.05, 0.1) is 10.8 Å². The molecule has 0 N–H and O–H groups in total. The van der Waals surface area contributed by atoms with Gasteiger partial charge in [0.15, 0.2) is 5.84 Å². The first-order valence-electron chi connectivity index (χ1n) is 5.90. The van der Waals surface area contributed by atoms with Gasteiger partial charge < -0.3 is 4.90 Å². The highest BCUT2D eigenvalue weighted by atomic mass is 35.5. The van der Waals surface area contributed by atoms with Crippen LogP contribution in [0.25, 0.3) is 5.57 Å². The quantitative estimate of drug-likeness (QED) is 0.800. The van der Waals surface area contributed by atoms with Crippen LogP contribution in [0.3, 0.4) is 0 Å². The zero-order chi connectivity index (χ0) is 14.3. The molecule has 7 heteroatoms. The van der Waals surface area contributed by atoms with Crippen LogP contribution in [0.5, 0.6) is 0 Å². The van der Waals surface area contributed by atoms with Gasteiger partial charge in [0, 0.05) is 18.3 Å². The topological polar surface area (TPSA) is 49.7 Å². The minimum Gasteiger partial charge on any atom is -0.331 e. The number of sulfonamides is 1. The van der Waals surface area contributed by atoms with Crippen molar-refractivity contribution in [2.24, 2.45) is 4.40 Å². The largest absolute Gasteiger partial charge is 0.331 e. The van der Waals surface area contributed by atoms with E-state index in [0.717, 1.165) is 0 Å². The molecule has 1 aromatic carbocycles. The number of nitrogens with zero attached hydrogens (tertiary/aromatic N) is 2. The molecule has 4 nitrogen and oxygen atoms in total. The van der Waals surface area contributed by atoms with Crippen molar-refractivity contribution in [1.82, 2.24) is 4.90 Å². The minimum atomic E-state index is -3.46. The molecule has 0 saturated heterocycles. The van der Waals surface area contributed by atoms with E-state index in [-0.39, 0.29) is 10.8 Å². The summed E-state index contributed by atoms with van der Waals surface area (Å²) in [7, 11) is -3.46. The van der Waals surface area contributed by atoms with Gasteiger partial charge in [0.2, 0.25) is 0 Å². The van der Waals surface area contributed by atoms with Crippen molar-refractivity contribution in [3.63, 3.8) is 0 Å². The molecule has 104 valence electrons. The van der Waals surface area contributed by atoms with Crippen LogP contribution in [0.2, 0.25) is 5.02 Å². The van der Waals surface area contributed by atoms with Crippen LogP contribution in [-0.2, 0) is 10.0 Å². The van der Waals surface area contributed by atoms with Crippen molar-refractivity contribution < 1.29 is 12.8 Å². The molecule has 0 unspecified atom stereocenters. The fourth-order valence-electron chi connectivity index (χ4n) is 2.11. The summed E-state index contributed by atoms with van der Waals surface area (Å²) in [5, 5.41) is 0.0239. The van der Waals surface area contributed by atoms with Gasteiger partial charge in [0.25, 0.3) is 10.0 Å². The molecule has 0 fully saturated rings. The van der Waals surface area contributed by atoms with E-state index < -0.39 is 15.8 Å². The maximum absolute atomic E-state index is 13.6. The van der Waals surface area contributed by atoms with Gasteiger partial charge >= 0.3 is 0 Å². The number of allylic oxidation sites excluding steroid dienone is 2. The van der Waals surface area contributed by atoms with Crippen molar-refractivity contribution in [3.8, 4) is 0 Å². The zero-order valence-electron chi connectivity index (χ0n) is 10.3. The van der Waals surface area contributed by atoms with Gasteiger partial charge in [-0.1, -0.05) is 17.7 Å². The molecule has 20 heavy (non-hydrogen) atoms. The molecular weight excluding hydrogens is 303 g/mol. The second-order valence-electron chi connectivity index (χ2n) is 4.45. The van der Waals surface area contributed by atoms with E-state index in [1.54, 1.807) is 29.3 Å². The number of fused-ring (bicyclic) bond motifs is 1. The third-order valence-corrected chi connectivity index (χ3v) is 4.54. The van der Waals surface area contributed by atoms with Crippen molar-refractivity contribution >= 4 is 33.0 Å². The molecule has 0 aliphatic carbocycles. The van der Waals surface area contributed by atoms with Crippen LogP contribution < -0.4 is 0 Å². The Morgan fingerprint density at radius 3 is 2.90 bits per heavy atom. The maximum atomic E-state index is 13.6. The van der Waals surface area contributed by atoms with Crippen molar-refractivity contribution in [2.75, 3.05) is 12.3 Å². The van der Waals surface area contributed by atoms with Gasteiger partial charge in [-0.25, -0.2) is 12.8 Å². The highest BCUT2D eigenvalue weighted by Gasteiger charge is 2.27. The van der Waals surface area contributed by atoms with Gasteiger partial charge in [-0.15, -0.1) is 4.40 Å². The van der Waals surface area contributed by atoms with Crippen LogP contribution in [0.1, 0.15) is 5.56 Å². The summed E-state index contributed by atoms with van der Waals surface area (Å²) in [6.07, 6.45) is 5.24. The van der Waals surface area contributed by atoms with Crippen LogP contribution in [-0.4, -0.2) is 31.5 Å². The molecule has 0 aromatic heterocycles. The fourth-order valence-corrected chi connectivity index (χ4v) is 3.21. The van der Waals surface area contributed by atoms with Crippen molar-refractivity contribution in [1.29, 1.82) is 0 Å². The average molecular weight is 313 g/mol. The van der Waals surface area contributed by atoms with Gasteiger partial charge in [0.1, 0.15) is 5.82 Å². The van der Waals surface area contributed by atoms with Gasteiger partial charge in [-0.05, 0) is 29.8 Å². The highest BCUT2D eigenvalue weighted by molar-refractivity contribution is 7.90. The molecule has 0 saturated carbocycles. The average Bonchev–Trinajstić information content (AvgIpc) is 2.40. The van der Waals surface area contributed by atoms with E-state index in [1.165, 1.54) is 12.1 Å². The Morgan fingerprint density at radius 1 is 1.35 bits per heavy atom. The summed E-state index contributed by atoms with van der Waals surface area (Å²) in [5.41, 5.74) is 1.10. The van der Waals surface area contributed by atoms with Crippen LogP contribution in [0.4, 0.5) is 4.39 Å². The number of benzene rings is 1. The molecule has 3 rings (SSSR count). The SMILES string of the molecule is O=S1(=O)CCN2C=CC=C(c3ccc(Cl)c(F)c3)C2=N1. The molecule has 1 aromatic rings. The lowest BCUT2D eigenvalue weighted by molar-refractivity contribution is 0.550. The first-order valence-corrected chi connectivity index (χ1v) is 7.88. The number of hydrogen-bond donors (Lipinski definition) is 0. The number of halogens is 2. The van der Waals surface area contributed by atoms with Crippen molar-refractivity contribution in [2.45, 2.75) is 0 Å². The van der Waals surface area contributed by atoms with Crippen molar-refractivity contribution in [3.05, 3.63) is 53.0 Å². The van der Waals surface area contributed by atoms with E-state index in [0.29, 0.717) is 23.5 Å². The normalized spacial score (nSPS) is 20.2. The summed E-state index contributed by atoms with van der Waals surface area (Å²) in [6.45, 7) is 0.338. The number of rotatable bonds is 1. The first-order chi connectivity index (χ1) is 9.46. The number of amidine groups is 1. The first kappa shape index (κ1) is 13.3. The molecule has 0 atom stereocenters. The molecule has 0 bridgehead atoms.